The number of hydrogen-bond acceptors (Lipinski definition) is 5. The average Bonchev–Trinajstić information content (AvgIpc) is 2.79. The number of hydrogen-bond donors (Lipinski definition) is 0. The fraction of sp³-hybridized carbons (Fsp3) is 0.208. The first-order valence-electron chi connectivity index (χ1n) is 9.77. The van der Waals surface area contributed by atoms with Gasteiger partial charge < -0.3 is 4.90 Å². The van der Waals surface area contributed by atoms with Crippen molar-refractivity contribution in [3.05, 3.63) is 94.8 Å². The smallest absolute Gasteiger partial charge is 0.367 e. The first-order chi connectivity index (χ1) is 15.3. The lowest BCUT2D eigenvalue weighted by atomic mass is 9.99. The molecule has 0 unspecified atom stereocenters. The van der Waals surface area contributed by atoms with Crippen LogP contribution >= 0.6 is 0 Å². The second-order valence-electron chi connectivity index (χ2n) is 7.25. The lowest BCUT2D eigenvalue weighted by Gasteiger charge is -2.30. The van der Waals surface area contributed by atoms with Gasteiger partial charge in [-0.15, -0.1) is 0 Å². The van der Waals surface area contributed by atoms with Crippen molar-refractivity contribution < 1.29 is 27.6 Å². The molecule has 4 rings (SSSR count). The van der Waals surface area contributed by atoms with Gasteiger partial charge in [-0.3, -0.25) is 9.78 Å². The molecule has 1 aliphatic rings. The zero-order valence-corrected chi connectivity index (χ0v) is 16.9. The predicted octanol–water partition coefficient (Wildman–Crippen LogP) is 4.51. The summed E-state index contributed by atoms with van der Waals surface area (Å²) in [6, 6.07) is 14.2. The van der Waals surface area contributed by atoms with Gasteiger partial charge in [-0.05, 0) is 47.4 Å². The number of fused-ring (bicyclic) bond motifs is 1. The molecule has 0 amide bonds. The number of pyridine rings is 1. The number of alkyl halides is 3. The molecule has 1 aliphatic heterocycles. The van der Waals surface area contributed by atoms with Crippen LogP contribution in [0.5, 0.6) is 0 Å². The molecule has 5 nitrogen and oxygen atoms in total. The van der Waals surface area contributed by atoms with E-state index < -0.39 is 11.7 Å². The van der Waals surface area contributed by atoms with E-state index in [2.05, 4.69) is 9.88 Å². The van der Waals surface area contributed by atoms with Crippen molar-refractivity contribution in [1.29, 1.82) is 0 Å². The molecule has 0 bridgehead atoms. The number of halogens is 3. The second-order valence-corrected chi connectivity index (χ2v) is 7.25. The lowest BCUT2D eigenvalue weighted by Crippen LogP contribution is -2.30. The molecule has 0 fully saturated rings. The zero-order chi connectivity index (χ0) is 23.1. The molecule has 164 valence electrons. The van der Waals surface area contributed by atoms with E-state index in [1.165, 1.54) is 17.2 Å². The lowest BCUT2D eigenvalue weighted by molar-refractivity contribution is -0.191. The van der Waals surface area contributed by atoms with Crippen molar-refractivity contribution in [2.45, 2.75) is 25.6 Å². The molecule has 2 aromatic carbocycles. The molecular weight excluding hydrogens is 421 g/mol. The van der Waals surface area contributed by atoms with Crippen LogP contribution in [0.4, 0.5) is 18.9 Å². The van der Waals surface area contributed by atoms with E-state index in [-0.39, 0.29) is 18.4 Å². The molecule has 8 heteroatoms. The summed E-state index contributed by atoms with van der Waals surface area (Å²) in [5.41, 5.74) is 3.49. The van der Waals surface area contributed by atoms with Gasteiger partial charge in [0.1, 0.15) is 0 Å². The summed E-state index contributed by atoms with van der Waals surface area (Å²) >= 11 is 0. The SMILES string of the molecule is O=C(Cc1cccc(C(F)(F)F)c1)c1cccc(N2CCc3ccncc3C2)c1.O=C=O. The predicted molar refractivity (Wildman–Crippen MR) is 110 cm³/mol. The molecule has 0 aliphatic carbocycles. The van der Waals surface area contributed by atoms with Crippen LogP contribution in [0.25, 0.3) is 0 Å². The maximum Gasteiger partial charge on any atom is 0.416 e. The van der Waals surface area contributed by atoms with Gasteiger partial charge in [0, 0.05) is 43.2 Å². The highest BCUT2D eigenvalue weighted by Gasteiger charge is 2.30. The van der Waals surface area contributed by atoms with Crippen LogP contribution in [0, 0.1) is 0 Å². The third-order valence-corrected chi connectivity index (χ3v) is 5.17. The molecule has 0 N–H and O–H groups in total. The topological polar surface area (TPSA) is 67.3 Å². The molecule has 0 spiro atoms. The Bertz CT molecular complexity index is 1140. The Morgan fingerprint density at radius 2 is 1.78 bits per heavy atom. The molecule has 0 radical (unpaired) electrons. The van der Waals surface area contributed by atoms with Crippen LogP contribution in [0.2, 0.25) is 0 Å². The maximum absolute atomic E-state index is 12.9. The van der Waals surface area contributed by atoms with E-state index in [9.17, 15) is 18.0 Å². The maximum atomic E-state index is 12.9. The highest BCUT2D eigenvalue weighted by molar-refractivity contribution is 5.98. The molecule has 3 aromatic rings. The summed E-state index contributed by atoms with van der Waals surface area (Å²) < 4.78 is 38.7. The summed E-state index contributed by atoms with van der Waals surface area (Å²) in [4.78, 5) is 35.3. The third-order valence-electron chi connectivity index (χ3n) is 5.17. The Hall–Kier alpha value is -3.77. The minimum absolute atomic E-state index is 0.0693. The van der Waals surface area contributed by atoms with Gasteiger partial charge in [0.05, 0.1) is 5.56 Å². The quantitative estimate of drug-likeness (QED) is 0.559. The number of anilines is 1. The van der Waals surface area contributed by atoms with Gasteiger partial charge in [-0.1, -0.05) is 30.3 Å². The van der Waals surface area contributed by atoms with Crippen molar-refractivity contribution in [2.75, 3.05) is 11.4 Å². The average molecular weight is 440 g/mol. The van der Waals surface area contributed by atoms with Crippen molar-refractivity contribution in [2.24, 2.45) is 0 Å². The van der Waals surface area contributed by atoms with E-state index >= 15 is 0 Å². The molecule has 32 heavy (non-hydrogen) atoms. The Balaban J connectivity index is 0.000000913. The van der Waals surface area contributed by atoms with Crippen molar-refractivity contribution >= 4 is 17.6 Å². The number of carbonyl (C=O) groups excluding carboxylic acids is 3. The van der Waals surface area contributed by atoms with Crippen molar-refractivity contribution in [3.63, 3.8) is 0 Å². The van der Waals surface area contributed by atoms with E-state index in [1.807, 2.05) is 30.5 Å². The number of carbonyl (C=O) groups is 1. The van der Waals surface area contributed by atoms with Crippen LogP contribution in [0.15, 0.2) is 67.0 Å². The normalized spacial score (nSPS) is 12.8. The van der Waals surface area contributed by atoms with E-state index in [4.69, 9.17) is 9.59 Å². The van der Waals surface area contributed by atoms with Gasteiger partial charge in [0.15, 0.2) is 5.78 Å². The van der Waals surface area contributed by atoms with Crippen LogP contribution in [0.3, 0.4) is 0 Å². The molecule has 0 atom stereocenters. The first-order valence-corrected chi connectivity index (χ1v) is 9.77. The van der Waals surface area contributed by atoms with Gasteiger partial charge in [-0.2, -0.15) is 22.8 Å². The number of benzene rings is 2. The number of Topliss-reactive ketones (excluding diaryl/α,β-unsaturated/α-hetero) is 1. The highest BCUT2D eigenvalue weighted by Crippen LogP contribution is 2.30. The highest BCUT2D eigenvalue weighted by atomic mass is 19.4. The third kappa shape index (κ3) is 5.68. The molecule has 1 aromatic heterocycles. The van der Waals surface area contributed by atoms with E-state index in [1.54, 1.807) is 18.3 Å². The van der Waals surface area contributed by atoms with Gasteiger partial charge in [0.2, 0.25) is 0 Å². The number of nitrogens with zero attached hydrogens (tertiary/aromatic N) is 2. The van der Waals surface area contributed by atoms with Gasteiger partial charge >= 0.3 is 12.3 Å². The summed E-state index contributed by atoms with van der Waals surface area (Å²) in [5, 5.41) is 0. The van der Waals surface area contributed by atoms with E-state index in [0.29, 0.717) is 17.7 Å². The Labute approximate surface area is 182 Å². The summed E-state index contributed by atoms with van der Waals surface area (Å²) in [6.45, 7) is 1.55. The van der Waals surface area contributed by atoms with Crippen LogP contribution in [-0.2, 0) is 35.2 Å². The standard InChI is InChI=1S/C23H19F3N2O.CO2/c24-23(25,26)20-5-1-3-16(11-20)12-22(29)18-4-2-6-21(13-18)28-10-8-17-7-9-27-14-19(17)15-28;2-1-3/h1-7,9,11,13-14H,8,10,12,15H2;. The molecule has 0 saturated carbocycles. The number of ketones is 1. The largest absolute Gasteiger partial charge is 0.416 e. The summed E-state index contributed by atoms with van der Waals surface area (Å²) in [7, 11) is 0. The minimum atomic E-state index is -4.42. The fourth-order valence-electron chi connectivity index (χ4n) is 3.62. The van der Waals surface area contributed by atoms with Crippen LogP contribution < -0.4 is 4.90 Å². The van der Waals surface area contributed by atoms with E-state index in [0.717, 1.165) is 30.8 Å². The Morgan fingerprint density at radius 3 is 2.53 bits per heavy atom. The van der Waals surface area contributed by atoms with Gasteiger partial charge in [-0.25, -0.2) is 0 Å². The van der Waals surface area contributed by atoms with Crippen LogP contribution in [0.1, 0.15) is 32.6 Å². The first kappa shape index (κ1) is 22.9. The second kappa shape index (κ2) is 10.0. The zero-order valence-electron chi connectivity index (χ0n) is 16.9. The molecule has 0 saturated heterocycles. The van der Waals surface area contributed by atoms with Crippen molar-refractivity contribution in [3.8, 4) is 0 Å². The minimum Gasteiger partial charge on any atom is -0.367 e. The monoisotopic (exact) mass is 440 g/mol. The summed E-state index contributed by atoms with van der Waals surface area (Å²) in [6.07, 6.45) is 0.324. The Kier molecular flexibility index (Phi) is 7.18. The molecule has 2 heterocycles. The fourth-order valence-corrected chi connectivity index (χ4v) is 3.62. The number of rotatable bonds is 4. The van der Waals surface area contributed by atoms with Crippen molar-refractivity contribution in [1.82, 2.24) is 4.98 Å². The Morgan fingerprint density at radius 1 is 1.03 bits per heavy atom. The summed E-state index contributed by atoms with van der Waals surface area (Å²) in [5.74, 6) is -0.203. The van der Waals surface area contributed by atoms with Gasteiger partial charge in [0.25, 0.3) is 0 Å². The number of aromatic nitrogens is 1. The molecular formula is C24H19F3N2O3. The van der Waals surface area contributed by atoms with Crippen LogP contribution in [-0.4, -0.2) is 23.5 Å².